The van der Waals surface area contributed by atoms with E-state index in [1.807, 2.05) is 60.1 Å². The minimum atomic E-state index is 0.0912. The summed E-state index contributed by atoms with van der Waals surface area (Å²) in [4.78, 5) is 24.2. The van der Waals surface area contributed by atoms with E-state index in [9.17, 15) is 4.79 Å². The predicted octanol–water partition coefficient (Wildman–Crippen LogP) is 3.26. The number of nitrogens with zero attached hydrogens (tertiary/aromatic N) is 5. The molecular formula is C23H21N5O. The predicted molar refractivity (Wildman–Crippen MR) is 114 cm³/mol. The summed E-state index contributed by atoms with van der Waals surface area (Å²) in [6.45, 7) is 0.646. The third-order valence-corrected chi connectivity index (χ3v) is 5.54. The summed E-state index contributed by atoms with van der Waals surface area (Å²) in [5.41, 5.74) is 5.91. The molecule has 0 saturated heterocycles. The van der Waals surface area contributed by atoms with Crippen LogP contribution in [0.5, 0.6) is 0 Å². The minimum Gasteiger partial charge on any atom is -0.314 e. The molecule has 5 rings (SSSR count). The van der Waals surface area contributed by atoms with E-state index >= 15 is 0 Å². The highest BCUT2D eigenvalue weighted by molar-refractivity contribution is 6.42. The van der Waals surface area contributed by atoms with Gasteiger partial charge in [-0.15, -0.1) is 0 Å². The Labute approximate surface area is 169 Å². The van der Waals surface area contributed by atoms with Gasteiger partial charge in [-0.2, -0.15) is 5.10 Å². The SMILES string of the molecule is CN(C1=NCc2cc3c(cc21)N=C(C(=O)Cc1ccccc1)C3)c1ccnn1C. The molecule has 0 fully saturated rings. The van der Waals surface area contributed by atoms with Crippen molar-refractivity contribution in [2.75, 3.05) is 11.9 Å². The van der Waals surface area contributed by atoms with E-state index < -0.39 is 0 Å². The van der Waals surface area contributed by atoms with Crippen LogP contribution in [0.15, 0.2) is 64.7 Å². The summed E-state index contributed by atoms with van der Waals surface area (Å²) in [7, 11) is 3.91. The van der Waals surface area contributed by atoms with Crippen molar-refractivity contribution in [1.29, 1.82) is 0 Å². The van der Waals surface area contributed by atoms with Gasteiger partial charge in [-0.05, 0) is 22.8 Å². The lowest BCUT2D eigenvalue weighted by Crippen LogP contribution is -2.28. The zero-order valence-corrected chi connectivity index (χ0v) is 16.5. The Morgan fingerprint density at radius 2 is 1.97 bits per heavy atom. The number of anilines is 1. The van der Waals surface area contributed by atoms with Crippen molar-refractivity contribution in [3.8, 4) is 0 Å². The molecule has 1 aromatic heterocycles. The molecule has 0 aliphatic carbocycles. The Morgan fingerprint density at radius 3 is 2.72 bits per heavy atom. The van der Waals surface area contributed by atoms with Gasteiger partial charge in [-0.25, -0.2) is 4.99 Å². The maximum absolute atomic E-state index is 12.7. The average Bonchev–Trinajstić information content (AvgIpc) is 3.44. The number of fused-ring (bicyclic) bond motifs is 2. The maximum Gasteiger partial charge on any atom is 0.181 e. The number of aliphatic imine (C=N–C) groups is 2. The molecule has 0 radical (unpaired) electrons. The highest BCUT2D eigenvalue weighted by Gasteiger charge is 2.27. The number of hydrogen-bond acceptors (Lipinski definition) is 5. The zero-order chi connectivity index (χ0) is 20.0. The Bertz CT molecular complexity index is 1170. The van der Waals surface area contributed by atoms with Crippen molar-refractivity contribution in [1.82, 2.24) is 9.78 Å². The molecule has 29 heavy (non-hydrogen) atoms. The van der Waals surface area contributed by atoms with E-state index in [2.05, 4.69) is 22.2 Å². The Balaban J connectivity index is 1.41. The normalized spacial score (nSPS) is 14.3. The molecule has 0 spiro atoms. The quantitative estimate of drug-likeness (QED) is 0.695. The molecular weight excluding hydrogens is 362 g/mol. The van der Waals surface area contributed by atoms with E-state index in [1.54, 1.807) is 6.20 Å². The number of carbonyl (C=O) groups excluding carboxylic acids is 1. The monoisotopic (exact) mass is 383 g/mol. The molecule has 2 aliphatic heterocycles. The van der Waals surface area contributed by atoms with Gasteiger partial charge in [0, 0.05) is 38.6 Å². The van der Waals surface area contributed by atoms with Crippen LogP contribution in [0.4, 0.5) is 11.5 Å². The van der Waals surface area contributed by atoms with Gasteiger partial charge < -0.3 is 4.90 Å². The van der Waals surface area contributed by atoms with Crippen LogP contribution >= 0.6 is 0 Å². The first-order valence-corrected chi connectivity index (χ1v) is 9.67. The first kappa shape index (κ1) is 17.6. The van der Waals surface area contributed by atoms with Gasteiger partial charge in [0.2, 0.25) is 0 Å². The number of hydrogen-bond donors (Lipinski definition) is 0. The van der Waals surface area contributed by atoms with E-state index in [-0.39, 0.29) is 5.78 Å². The van der Waals surface area contributed by atoms with E-state index in [1.165, 1.54) is 5.56 Å². The Morgan fingerprint density at radius 1 is 1.14 bits per heavy atom. The third-order valence-electron chi connectivity index (χ3n) is 5.54. The topological polar surface area (TPSA) is 62.9 Å². The molecule has 3 aromatic rings. The number of benzene rings is 2. The number of Topliss-reactive ketones (excluding diaryl/α,β-unsaturated/α-hetero) is 1. The van der Waals surface area contributed by atoms with Crippen LogP contribution in [0, 0.1) is 0 Å². The number of rotatable bonds is 4. The second-order valence-electron chi connectivity index (χ2n) is 7.47. The van der Waals surface area contributed by atoms with Gasteiger partial charge in [-0.3, -0.25) is 14.5 Å². The summed E-state index contributed by atoms with van der Waals surface area (Å²) in [6, 6.07) is 16.0. The number of aromatic nitrogens is 2. The molecule has 2 aromatic carbocycles. The fourth-order valence-electron chi connectivity index (χ4n) is 4.01. The first-order valence-electron chi connectivity index (χ1n) is 9.67. The van der Waals surface area contributed by atoms with Gasteiger partial charge >= 0.3 is 0 Å². The molecule has 0 atom stereocenters. The highest BCUT2D eigenvalue weighted by Crippen LogP contribution is 2.34. The second kappa shape index (κ2) is 6.81. The number of amidine groups is 1. The molecule has 2 aliphatic rings. The highest BCUT2D eigenvalue weighted by atomic mass is 16.1. The zero-order valence-electron chi connectivity index (χ0n) is 16.5. The fraction of sp³-hybridized carbons (Fsp3) is 0.217. The van der Waals surface area contributed by atoms with Gasteiger partial charge in [0.15, 0.2) is 5.78 Å². The van der Waals surface area contributed by atoms with Crippen LogP contribution in [-0.4, -0.2) is 34.2 Å². The van der Waals surface area contributed by atoms with Crippen LogP contribution in [0.3, 0.4) is 0 Å². The van der Waals surface area contributed by atoms with Gasteiger partial charge in [-0.1, -0.05) is 36.4 Å². The molecule has 0 amide bonds. The van der Waals surface area contributed by atoms with Crippen molar-refractivity contribution in [3.63, 3.8) is 0 Å². The van der Waals surface area contributed by atoms with Gasteiger partial charge in [0.05, 0.1) is 24.1 Å². The minimum absolute atomic E-state index is 0.0912. The molecule has 144 valence electrons. The Kier molecular flexibility index (Phi) is 4.12. The summed E-state index contributed by atoms with van der Waals surface area (Å²) in [5.74, 6) is 1.97. The molecule has 0 unspecified atom stereocenters. The standard InChI is InChI=1S/C23H21N5O/c1-27(22-8-9-25-28(22)2)23-18-13-19-16(11-17(18)14-24-23)12-20(26-19)21(29)10-15-6-4-3-5-7-15/h3-9,11,13H,10,12,14H2,1-2H3. The van der Waals surface area contributed by atoms with Crippen molar-refractivity contribution in [3.05, 3.63) is 77.0 Å². The molecule has 3 heterocycles. The first-order chi connectivity index (χ1) is 14.1. The molecule has 0 N–H and O–H groups in total. The lowest BCUT2D eigenvalue weighted by atomic mass is 9.99. The van der Waals surface area contributed by atoms with E-state index in [0.29, 0.717) is 25.1 Å². The average molecular weight is 383 g/mol. The third kappa shape index (κ3) is 3.06. The second-order valence-corrected chi connectivity index (χ2v) is 7.47. The lowest BCUT2D eigenvalue weighted by Gasteiger charge is -2.19. The summed E-state index contributed by atoms with van der Waals surface area (Å²) in [5, 5.41) is 4.25. The number of carbonyl (C=O) groups is 1. The van der Waals surface area contributed by atoms with Gasteiger partial charge in [0.25, 0.3) is 0 Å². The lowest BCUT2D eigenvalue weighted by molar-refractivity contribution is -0.112. The summed E-state index contributed by atoms with van der Waals surface area (Å²) >= 11 is 0. The smallest absolute Gasteiger partial charge is 0.181 e. The van der Waals surface area contributed by atoms with E-state index in [0.717, 1.165) is 34.0 Å². The van der Waals surface area contributed by atoms with Crippen molar-refractivity contribution in [2.45, 2.75) is 19.4 Å². The number of ketones is 1. The summed E-state index contributed by atoms with van der Waals surface area (Å²) in [6.07, 6.45) is 2.77. The molecule has 6 nitrogen and oxygen atoms in total. The largest absolute Gasteiger partial charge is 0.314 e. The van der Waals surface area contributed by atoms with Crippen LogP contribution < -0.4 is 4.90 Å². The van der Waals surface area contributed by atoms with Crippen LogP contribution in [0.2, 0.25) is 0 Å². The number of aryl methyl sites for hydroxylation is 1. The maximum atomic E-state index is 12.7. The fourth-order valence-corrected chi connectivity index (χ4v) is 4.01. The van der Waals surface area contributed by atoms with Gasteiger partial charge in [0.1, 0.15) is 11.7 Å². The molecule has 0 saturated carbocycles. The van der Waals surface area contributed by atoms with Crippen LogP contribution in [0.25, 0.3) is 0 Å². The van der Waals surface area contributed by atoms with Crippen LogP contribution in [0.1, 0.15) is 22.3 Å². The molecule has 0 bridgehead atoms. The summed E-state index contributed by atoms with van der Waals surface area (Å²) < 4.78 is 1.83. The van der Waals surface area contributed by atoms with Crippen LogP contribution in [-0.2, 0) is 31.2 Å². The molecule has 6 heteroatoms. The van der Waals surface area contributed by atoms with Crippen molar-refractivity contribution < 1.29 is 4.79 Å². The van der Waals surface area contributed by atoms with E-state index in [4.69, 9.17) is 4.99 Å². The van der Waals surface area contributed by atoms with Crippen molar-refractivity contribution >= 4 is 28.8 Å². The Hall–Kier alpha value is -3.54. The van der Waals surface area contributed by atoms with Crippen molar-refractivity contribution in [2.24, 2.45) is 17.0 Å².